The maximum atomic E-state index is 12.1. The van der Waals surface area contributed by atoms with Crippen molar-refractivity contribution in [3.05, 3.63) is 64.9 Å². The monoisotopic (exact) mass is 346 g/mol. The highest BCUT2D eigenvalue weighted by molar-refractivity contribution is 6.33. The van der Waals surface area contributed by atoms with E-state index in [9.17, 15) is 4.79 Å². The Morgan fingerprint density at radius 1 is 1.33 bits per heavy atom. The third-order valence-corrected chi connectivity index (χ3v) is 4.17. The van der Waals surface area contributed by atoms with Crippen LogP contribution in [0.1, 0.15) is 15.9 Å². The number of rotatable bonds is 5. The predicted octanol–water partition coefficient (Wildman–Crippen LogP) is 2.79. The first kappa shape index (κ1) is 16.9. The molecule has 5 nitrogen and oxygen atoms in total. The summed E-state index contributed by atoms with van der Waals surface area (Å²) >= 11 is 5.95. The second kappa shape index (κ2) is 8.24. The van der Waals surface area contributed by atoms with Crippen LogP contribution in [0.5, 0.6) is 0 Å². The molecule has 2 heterocycles. The topological polar surface area (TPSA) is 51.7 Å². The second-order valence-corrected chi connectivity index (χ2v) is 6.07. The van der Waals surface area contributed by atoms with Crippen LogP contribution in [0.2, 0.25) is 5.02 Å². The Balaban J connectivity index is 1.50. The van der Waals surface area contributed by atoms with E-state index < -0.39 is 5.97 Å². The van der Waals surface area contributed by atoms with E-state index in [2.05, 4.69) is 22.0 Å². The number of morpholine rings is 1. The predicted molar refractivity (Wildman–Crippen MR) is 91.0 cm³/mol. The van der Waals surface area contributed by atoms with Crippen LogP contribution in [-0.4, -0.2) is 48.3 Å². The van der Waals surface area contributed by atoms with E-state index in [0.717, 1.165) is 19.6 Å². The zero-order valence-electron chi connectivity index (χ0n) is 13.2. The van der Waals surface area contributed by atoms with Crippen LogP contribution in [-0.2, 0) is 16.0 Å². The van der Waals surface area contributed by atoms with Crippen molar-refractivity contribution in [2.75, 3.05) is 26.3 Å². The standard InChI is InChI=1S/C18H19ClN2O3/c19-17-10-20-7-6-16(17)18(22)24-13-15-12-21(8-9-23-15)11-14-4-2-1-3-5-14/h1-7,10,15H,8-9,11-13H2. The van der Waals surface area contributed by atoms with Gasteiger partial charge in [-0.25, -0.2) is 4.79 Å². The number of esters is 1. The quantitative estimate of drug-likeness (QED) is 0.779. The van der Waals surface area contributed by atoms with E-state index in [1.54, 1.807) is 6.07 Å². The Hall–Kier alpha value is -1.95. The second-order valence-electron chi connectivity index (χ2n) is 5.67. The lowest BCUT2D eigenvalue weighted by Gasteiger charge is -2.32. The van der Waals surface area contributed by atoms with Gasteiger partial charge in [0, 0.05) is 32.0 Å². The van der Waals surface area contributed by atoms with Crippen molar-refractivity contribution in [3.63, 3.8) is 0 Å². The molecular formula is C18H19ClN2O3. The maximum absolute atomic E-state index is 12.1. The van der Waals surface area contributed by atoms with Gasteiger partial charge < -0.3 is 9.47 Å². The molecule has 0 aliphatic carbocycles. The highest BCUT2D eigenvalue weighted by atomic mass is 35.5. The van der Waals surface area contributed by atoms with E-state index in [1.807, 2.05) is 18.2 Å². The maximum Gasteiger partial charge on any atom is 0.339 e. The average Bonchev–Trinajstić information content (AvgIpc) is 2.61. The molecule has 2 aromatic rings. The van der Waals surface area contributed by atoms with E-state index in [4.69, 9.17) is 21.1 Å². The van der Waals surface area contributed by atoms with Crippen molar-refractivity contribution in [2.24, 2.45) is 0 Å². The number of halogens is 1. The first-order valence-electron chi connectivity index (χ1n) is 7.87. The van der Waals surface area contributed by atoms with Crippen molar-refractivity contribution in [3.8, 4) is 0 Å². The minimum absolute atomic E-state index is 0.132. The highest BCUT2D eigenvalue weighted by Gasteiger charge is 2.22. The molecule has 6 heteroatoms. The fraction of sp³-hybridized carbons (Fsp3) is 0.333. The summed E-state index contributed by atoms with van der Waals surface area (Å²) in [7, 11) is 0. The van der Waals surface area contributed by atoms with Crippen LogP contribution in [0.3, 0.4) is 0 Å². The summed E-state index contributed by atoms with van der Waals surface area (Å²) in [5.41, 5.74) is 1.59. The Labute approximate surface area is 146 Å². The van der Waals surface area contributed by atoms with E-state index in [0.29, 0.717) is 12.2 Å². The Kier molecular flexibility index (Phi) is 5.80. The number of nitrogens with zero attached hydrogens (tertiary/aromatic N) is 2. The fourth-order valence-corrected chi connectivity index (χ4v) is 2.85. The summed E-state index contributed by atoms with van der Waals surface area (Å²) in [6.07, 6.45) is 2.81. The average molecular weight is 347 g/mol. The molecule has 0 saturated carbocycles. The molecule has 1 aromatic heterocycles. The molecule has 1 aromatic carbocycles. The number of carbonyl (C=O) groups is 1. The largest absolute Gasteiger partial charge is 0.459 e. The molecule has 1 fully saturated rings. The third kappa shape index (κ3) is 4.54. The molecule has 0 N–H and O–H groups in total. The lowest BCUT2D eigenvalue weighted by atomic mass is 10.2. The first-order chi connectivity index (χ1) is 11.7. The van der Waals surface area contributed by atoms with Gasteiger partial charge in [-0.2, -0.15) is 0 Å². The highest BCUT2D eigenvalue weighted by Crippen LogP contribution is 2.16. The number of hydrogen-bond acceptors (Lipinski definition) is 5. The van der Waals surface area contributed by atoms with E-state index in [1.165, 1.54) is 18.0 Å². The third-order valence-electron chi connectivity index (χ3n) is 3.86. The summed E-state index contributed by atoms with van der Waals surface area (Å²) in [6, 6.07) is 11.8. The van der Waals surface area contributed by atoms with Gasteiger partial charge in [-0.1, -0.05) is 41.9 Å². The number of pyridine rings is 1. The van der Waals surface area contributed by atoms with Crippen molar-refractivity contribution < 1.29 is 14.3 Å². The Morgan fingerprint density at radius 3 is 2.96 bits per heavy atom. The molecule has 126 valence electrons. The van der Waals surface area contributed by atoms with Gasteiger partial charge in [0.1, 0.15) is 12.7 Å². The van der Waals surface area contributed by atoms with Crippen molar-refractivity contribution in [2.45, 2.75) is 12.6 Å². The van der Waals surface area contributed by atoms with Gasteiger partial charge in [0.05, 0.1) is 17.2 Å². The van der Waals surface area contributed by atoms with Gasteiger partial charge >= 0.3 is 5.97 Å². The molecule has 3 rings (SSSR count). The van der Waals surface area contributed by atoms with Crippen LogP contribution >= 0.6 is 11.6 Å². The van der Waals surface area contributed by atoms with Crippen LogP contribution in [0.15, 0.2) is 48.8 Å². The summed E-state index contributed by atoms with van der Waals surface area (Å²) in [6.45, 7) is 3.31. The lowest BCUT2D eigenvalue weighted by Crippen LogP contribution is -2.44. The lowest BCUT2D eigenvalue weighted by molar-refractivity contribution is -0.0612. The Morgan fingerprint density at radius 2 is 2.17 bits per heavy atom. The SMILES string of the molecule is O=C(OCC1CN(Cc2ccccc2)CCO1)c1ccncc1Cl. The summed E-state index contributed by atoms with van der Waals surface area (Å²) in [5, 5.41) is 0.290. The van der Waals surface area contributed by atoms with Gasteiger partial charge in [0.25, 0.3) is 0 Å². The van der Waals surface area contributed by atoms with E-state index >= 15 is 0 Å². The molecular weight excluding hydrogens is 328 g/mol. The van der Waals surface area contributed by atoms with Crippen LogP contribution in [0.4, 0.5) is 0 Å². The van der Waals surface area contributed by atoms with Gasteiger partial charge in [-0.15, -0.1) is 0 Å². The number of ether oxygens (including phenoxy) is 2. The molecule has 0 spiro atoms. The number of benzene rings is 1. The van der Waals surface area contributed by atoms with Gasteiger partial charge in [0.15, 0.2) is 0 Å². The van der Waals surface area contributed by atoms with Gasteiger partial charge in [-0.3, -0.25) is 9.88 Å². The zero-order valence-corrected chi connectivity index (χ0v) is 14.0. The van der Waals surface area contributed by atoms with Crippen molar-refractivity contribution >= 4 is 17.6 Å². The summed E-state index contributed by atoms with van der Waals surface area (Å²) in [5.74, 6) is -0.453. The number of aromatic nitrogens is 1. The van der Waals surface area contributed by atoms with Gasteiger partial charge in [-0.05, 0) is 11.6 Å². The molecule has 0 amide bonds. The smallest absolute Gasteiger partial charge is 0.339 e. The zero-order chi connectivity index (χ0) is 16.8. The molecule has 0 radical (unpaired) electrons. The first-order valence-corrected chi connectivity index (χ1v) is 8.24. The van der Waals surface area contributed by atoms with Gasteiger partial charge in [0.2, 0.25) is 0 Å². The molecule has 1 atom stereocenters. The summed E-state index contributed by atoms with van der Waals surface area (Å²) in [4.78, 5) is 18.2. The molecule has 1 aliphatic heterocycles. The number of carbonyl (C=O) groups excluding carboxylic acids is 1. The van der Waals surface area contributed by atoms with Crippen LogP contribution in [0.25, 0.3) is 0 Å². The van der Waals surface area contributed by atoms with Crippen molar-refractivity contribution in [1.29, 1.82) is 0 Å². The number of hydrogen-bond donors (Lipinski definition) is 0. The minimum Gasteiger partial charge on any atom is -0.459 e. The van der Waals surface area contributed by atoms with Crippen LogP contribution < -0.4 is 0 Å². The van der Waals surface area contributed by atoms with Crippen molar-refractivity contribution in [1.82, 2.24) is 9.88 Å². The van der Waals surface area contributed by atoms with Crippen LogP contribution in [0, 0.1) is 0 Å². The molecule has 1 aliphatic rings. The Bertz CT molecular complexity index is 681. The molecule has 1 unspecified atom stereocenters. The molecule has 0 bridgehead atoms. The normalized spacial score (nSPS) is 18.3. The molecule has 1 saturated heterocycles. The summed E-state index contributed by atoms with van der Waals surface area (Å²) < 4.78 is 11.0. The fourth-order valence-electron chi connectivity index (χ4n) is 2.65. The minimum atomic E-state index is -0.453. The van der Waals surface area contributed by atoms with E-state index in [-0.39, 0.29) is 17.7 Å². The molecule has 24 heavy (non-hydrogen) atoms.